The fourth-order valence-corrected chi connectivity index (χ4v) is 4.65. The normalized spacial score (nSPS) is 15.0. The van der Waals surface area contributed by atoms with Crippen LogP contribution in [0.4, 0.5) is 5.69 Å². The Hall–Kier alpha value is -2.84. The smallest absolute Gasteiger partial charge is 0.0991 e. The number of hydrogen-bond donors (Lipinski definition) is 1. The third kappa shape index (κ3) is 4.97. The average Bonchev–Trinajstić information content (AvgIpc) is 2.79. The Morgan fingerprint density at radius 1 is 1.12 bits per heavy atom. The van der Waals surface area contributed by atoms with Gasteiger partial charge in [-0.3, -0.25) is 4.98 Å². The predicted octanol–water partition coefficient (Wildman–Crippen LogP) is 6.42. The molecule has 1 aliphatic rings. The van der Waals surface area contributed by atoms with E-state index in [1.54, 1.807) is 6.07 Å². The maximum Gasteiger partial charge on any atom is 0.0991 e. The standard InChI is InChI=1S/C26H24Cl2N4/c1-17(19-4-2-3-18(10-19)14-29)9-21-15-31-16-25(20-11-22(27)13-23(28)12-20)26(21)32-7-5-24(30)6-8-32/h2-4,9-13,15-16,24H,5-8,30H2,1H3. The van der Waals surface area contributed by atoms with E-state index in [2.05, 4.69) is 29.0 Å². The minimum absolute atomic E-state index is 0.228. The zero-order valence-electron chi connectivity index (χ0n) is 17.9. The van der Waals surface area contributed by atoms with E-state index in [0.717, 1.165) is 59.4 Å². The van der Waals surface area contributed by atoms with Crippen molar-refractivity contribution in [2.45, 2.75) is 25.8 Å². The molecule has 4 rings (SSSR count). The first-order valence-electron chi connectivity index (χ1n) is 10.6. The van der Waals surface area contributed by atoms with Crippen LogP contribution in [-0.2, 0) is 0 Å². The molecule has 0 atom stereocenters. The molecule has 0 saturated carbocycles. The molecule has 2 aromatic carbocycles. The Morgan fingerprint density at radius 2 is 1.84 bits per heavy atom. The minimum Gasteiger partial charge on any atom is -0.370 e. The Kier molecular flexibility index (Phi) is 6.81. The van der Waals surface area contributed by atoms with Gasteiger partial charge in [-0.05, 0) is 72.9 Å². The first kappa shape index (κ1) is 22.4. The van der Waals surface area contributed by atoms with Gasteiger partial charge in [-0.1, -0.05) is 35.3 Å². The van der Waals surface area contributed by atoms with Crippen LogP contribution in [-0.4, -0.2) is 24.1 Å². The van der Waals surface area contributed by atoms with E-state index in [4.69, 9.17) is 28.9 Å². The van der Waals surface area contributed by atoms with Crippen molar-refractivity contribution in [1.29, 1.82) is 5.26 Å². The van der Waals surface area contributed by atoms with Crippen LogP contribution in [0.5, 0.6) is 0 Å². The fourth-order valence-electron chi connectivity index (χ4n) is 4.12. The lowest BCUT2D eigenvalue weighted by Gasteiger charge is -2.34. The lowest BCUT2D eigenvalue weighted by Crippen LogP contribution is -2.40. The van der Waals surface area contributed by atoms with Gasteiger partial charge in [-0.25, -0.2) is 0 Å². The number of piperidine rings is 1. The van der Waals surface area contributed by atoms with Crippen LogP contribution in [0, 0.1) is 11.3 Å². The third-order valence-electron chi connectivity index (χ3n) is 5.79. The van der Waals surface area contributed by atoms with Crippen molar-refractivity contribution < 1.29 is 0 Å². The van der Waals surface area contributed by atoms with Gasteiger partial charge in [0.1, 0.15) is 0 Å². The van der Waals surface area contributed by atoms with E-state index in [9.17, 15) is 5.26 Å². The van der Waals surface area contributed by atoms with Crippen molar-refractivity contribution >= 4 is 40.5 Å². The lowest BCUT2D eigenvalue weighted by atomic mass is 9.96. The molecule has 32 heavy (non-hydrogen) atoms. The fraction of sp³-hybridized carbons (Fsp3) is 0.231. The largest absolute Gasteiger partial charge is 0.370 e. The van der Waals surface area contributed by atoms with Crippen LogP contribution in [0.25, 0.3) is 22.8 Å². The summed E-state index contributed by atoms with van der Waals surface area (Å²) < 4.78 is 0. The van der Waals surface area contributed by atoms with Crippen molar-refractivity contribution in [3.63, 3.8) is 0 Å². The summed E-state index contributed by atoms with van der Waals surface area (Å²) in [6.45, 7) is 3.79. The number of anilines is 1. The van der Waals surface area contributed by atoms with Gasteiger partial charge in [0, 0.05) is 52.7 Å². The van der Waals surface area contributed by atoms with Crippen molar-refractivity contribution in [1.82, 2.24) is 4.98 Å². The van der Waals surface area contributed by atoms with Gasteiger partial charge in [0.15, 0.2) is 0 Å². The minimum atomic E-state index is 0.228. The van der Waals surface area contributed by atoms with Crippen LogP contribution in [0.1, 0.15) is 36.5 Å². The molecule has 0 bridgehead atoms. The molecule has 2 heterocycles. The molecule has 162 valence electrons. The lowest BCUT2D eigenvalue weighted by molar-refractivity contribution is 0.501. The molecule has 4 nitrogen and oxygen atoms in total. The summed E-state index contributed by atoms with van der Waals surface area (Å²) in [5.74, 6) is 0. The highest BCUT2D eigenvalue weighted by atomic mass is 35.5. The molecule has 6 heteroatoms. The number of allylic oxidation sites excluding steroid dienone is 1. The Bertz CT molecular complexity index is 1180. The SMILES string of the molecule is CC(=Cc1cncc(-c2cc(Cl)cc(Cl)c2)c1N1CCC(N)CC1)c1cccc(C#N)c1. The number of hydrogen-bond acceptors (Lipinski definition) is 4. The molecule has 0 radical (unpaired) electrons. The Labute approximate surface area is 198 Å². The van der Waals surface area contributed by atoms with Crippen molar-refractivity contribution in [3.8, 4) is 17.2 Å². The predicted molar refractivity (Wildman–Crippen MR) is 134 cm³/mol. The molecule has 1 saturated heterocycles. The van der Waals surface area contributed by atoms with Crippen LogP contribution >= 0.6 is 23.2 Å². The Balaban J connectivity index is 1.85. The van der Waals surface area contributed by atoms with E-state index in [1.165, 1.54) is 0 Å². The first-order chi connectivity index (χ1) is 15.4. The van der Waals surface area contributed by atoms with E-state index in [1.807, 2.05) is 48.8 Å². The second-order valence-electron chi connectivity index (χ2n) is 8.13. The van der Waals surface area contributed by atoms with Gasteiger partial charge in [0.05, 0.1) is 17.3 Å². The number of nitrogens with zero attached hydrogens (tertiary/aromatic N) is 3. The molecular formula is C26H24Cl2N4. The average molecular weight is 463 g/mol. The summed E-state index contributed by atoms with van der Waals surface area (Å²) in [5.41, 5.74) is 12.9. The summed E-state index contributed by atoms with van der Waals surface area (Å²) in [4.78, 5) is 6.91. The van der Waals surface area contributed by atoms with Gasteiger partial charge in [0.2, 0.25) is 0 Å². The number of benzene rings is 2. The van der Waals surface area contributed by atoms with E-state index in [0.29, 0.717) is 15.6 Å². The van der Waals surface area contributed by atoms with Crippen LogP contribution in [0.2, 0.25) is 10.0 Å². The summed E-state index contributed by atoms with van der Waals surface area (Å²) >= 11 is 12.6. The van der Waals surface area contributed by atoms with Gasteiger partial charge in [0.25, 0.3) is 0 Å². The van der Waals surface area contributed by atoms with Crippen molar-refractivity contribution in [2.24, 2.45) is 5.73 Å². The number of nitrogens with two attached hydrogens (primary N) is 1. The zero-order valence-corrected chi connectivity index (χ0v) is 19.4. The molecule has 1 aromatic heterocycles. The summed E-state index contributed by atoms with van der Waals surface area (Å²) in [7, 11) is 0. The molecule has 2 N–H and O–H groups in total. The first-order valence-corrected chi connectivity index (χ1v) is 11.3. The monoisotopic (exact) mass is 462 g/mol. The number of nitriles is 1. The highest BCUT2D eigenvalue weighted by Crippen LogP contribution is 2.38. The van der Waals surface area contributed by atoms with Crippen LogP contribution < -0.4 is 10.6 Å². The molecule has 0 unspecified atom stereocenters. The number of pyridine rings is 1. The molecule has 3 aromatic rings. The number of halogens is 2. The van der Waals surface area contributed by atoms with E-state index < -0.39 is 0 Å². The van der Waals surface area contributed by atoms with Crippen LogP contribution in [0.15, 0.2) is 54.9 Å². The molecular weight excluding hydrogens is 439 g/mol. The summed E-state index contributed by atoms with van der Waals surface area (Å²) in [6, 6.07) is 15.6. The van der Waals surface area contributed by atoms with Crippen LogP contribution in [0.3, 0.4) is 0 Å². The second kappa shape index (κ2) is 9.75. The summed E-state index contributed by atoms with van der Waals surface area (Å²) in [6.07, 6.45) is 7.75. The van der Waals surface area contributed by atoms with E-state index in [-0.39, 0.29) is 6.04 Å². The highest BCUT2D eigenvalue weighted by molar-refractivity contribution is 6.35. The third-order valence-corrected chi connectivity index (χ3v) is 6.23. The quantitative estimate of drug-likeness (QED) is 0.485. The maximum absolute atomic E-state index is 9.26. The zero-order chi connectivity index (χ0) is 22.7. The molecule has 0 spiro atoms. The maximum atomic E-state index is 9.26. The van der Waals surface area contributed by atoms with Gasteiger partial charge < -0.3 is 10.6 Å². The number of aromatic nitrogens is 1. The molecule has 1 fully saturated rings. The van der Waals surface area contributed by atoms with Gasteiger partial charge in [-0.15, -0.1) is 0 Å². The van der Waals surface area contributed by atoms with Crippen molar-refractivity contribution in [2.75, 3.05) is 18.0 Å². The molecule has 0 amide bonds. The Morgan fingerprint density at radius 3 is 2.53 bits per heavy atom. The topological polar surface area (TPSA) is 65.9 Å². The van der Waals surface area contributed by atoms with Gasteiger partial charge in [-0.2, -0.15) is 5.26 Å². The molecule has 1 aliphatic heterocycles. The summed E-state index contributed by atoms with van der Waals surface area (Å²) in [5, 5.41) is 10.4. The number of rotatable bonds is 4. The second-order valence-corrected chi connectivity index (χ2v) is 9.00. The molecule has 0 aliphatic carbocycles. The highest BCUT2D eigenvalue weighted by Gasteiger charge is 2.22. The van der Waals surface area contributed by atoms with Gasteiger partial charge >= 0.3 is 0 Å². The van der Waals surface area contributed by atoms with Crippen molar-refractivity contribution in [3.05, 3.63) is 81.6 Å². The van der Waals surface area contributed by atoms with E-state index >= 15 is 0 Å².